The van der Waals surface area contributed by atoms with Crippen LogP contribution in [0.5, 0.6) is 0 Å². The minimum atomic E-state index is -0.532. The quantitative estimate of drug-likeness (QED) is 0.417. The Bertz CT molecular complexity index is 1120. The zero-order valence-corrected chi connectivity index (χ0v) is 18.3. The summed E-state index contributed by atoms with van der Waals surface area (Å²) in [6, 6.07) is 14.4. The van der Waals surface area contributed by atoms with E-state index in [0.29, 0.717) is 27.9 Å². The molecule has 0 fully saturated rings. The fraction of sp³-hybridized carbons (Fsp3) is 0.240. The van der Waals surface area contributed by atoms with Crippen molar-refractivity contribution in [3.63, 3.8) is 0 Å². The Morgan fingerprint density at radius 3 is 2.28 bits per heavy atom. The van der Waals surface area contributed by atoms with Gasteiger partial charge in [0.1, 0.15) is 11.5 Å². The predicted octanol–water partition coefficient (Wildman–Crippen LogP) is 4.47. The SMILES string of the molecule is CCOC(=O)c1[nH]c(C)c(C(=O)CN(Cc2ccc(F)cc2)C(=O)c2ccccc2)c1C. The first-order valence-electron chi connectivity index (χ1n) is 10.3. The van der Waals surface area contributed by atoms with Crippen molar-refractivity contribution >= 4 is 17.7 Å². The molecule has 1 heterocycles. The molecule has 0 spiro atoms. The van der Waals surface area contributed by atoms with Crippen molar-refractivity contribution in [3.8, 4) is 0 Å². The van der Waals surface area contributed by atoms with E-state index in [2.05, 4.69) is 4.98 Å². The average molecular weight is 436 g/mol. The van der Waals surface area contributed by atoms with Gasteiger partial charge >= 0.3 is 5.97 Å². The molecular formula is C25H25FN2O4. The number of hydrogen-bond donors (Lipinski definition) is 1. The molecule has 1 N–H and O–H groups in total. The van der Waals surface area contributed by atoms with Gasteiger partial charge in [0, 0.05) is 23.4 Å². The molecule has 7 heteroatoms. The number of nitrogens with zero attached hydrogens (tertiary/aromatic N) is 1. The molecule has 0 aliphatic rings. The summed E-state index contributed by atoms with van der Waals surface area (Å²) in [5.74, 6) is -1.54. The summed E-state index contributed by atoms with van der Waals surface area (Å²) in [4.78, 5) is 42.9. The van der Waals surface area contributed by atoms with Crippen LogP contribution in [0, 0.1) is 19.7 Å². The molecule has 0 radical (unpaired) electrons. The van der Waals surface area contributed by atoms with Gasteiger partial charge in [-0.3, -0.25) is 9.59 Å². The largest absolute Gasteiger partial charge is 0.461 e. The Labute approximate surface area is 186 Å². The summed E-state index contributed by atoms with van der Waals surface area (Å²) in [7, 11) is 0. The number of carbonyl (C=O) groups excluding carboxylic acids is 3. The summed E-state index contributed by atoms with van der Waals surface area (Å²) in [5.41, 5.74) is 2.74. The number of H-pyrrole nitrogens is 1. The number of hydrogen-bond acceptors (Lipinski definition) is 4. The minimum absolute atomic E-state index is 0.132. The second-order valence-corrected chi connectivity index (χ2v) is 7.42. The highest BCUT2D eigenvalue weighted by Crippen LogP contribution is 2.21. The number of nitrogens with one attached hydrogen (secondary N) is 1. The third kappa shape index (κ3) is 5.11. The molecule has 0 aliphatic heterocycles. The third-order valence-corrected chi connectivity index (χ3v) is 5.13. The molecule has 3 aromatic rings. The van der Waals surface area contributed by atoms with Gasteiger partial charge in [0.15, 0.2) is 5.78 Å². The van der Waals surface area contributed by atoms with Gasteiger partial charge in [-0.2, -0.15) is 0 Å². The Kier molecular flexibility index (Phi) is 7.20. The summed E-state index contributed by atoms with van der Waals surface area (Å²) in [6.45, 7) is 5.23. The first kappa shape index (κ1) is 22.9. The number of aromatic nitrogens is 1. The van der Waals surface area contributed by atoms with E-state index < -0.39 is 5.97 Å². The highest BCUT2D eigenvalue weighted by Gasteiger charge is 2.26. The van der Waals surface area contributed by atoms with E-state index in [9.17, 15) is 18.8 Å². The first-order chi connectivity index (χ1) is 15.3. The number of benzene rings is 2. The molecule has 0 unspecified atom stereocenters. The van der Waals surface area contributed by atoms with Crippen molar-refractivity contribution in [1.82, 2.24) is 9.88 Å². The van der Waals surface area contributed by atoms with Crippen LogP contribution in [0.2, 0.25) is 0 Å². The fourth-order valence-corrected chi connectivity index (χ4v) is 3.60. The van der Waals surface area contributed by atoms with Crippen LogP contribution in [0.4, 0.5) is 4.39 Å². The number of aromatic amines is 1. The van der Waals surface area contributed by atoms with E-state index in [1.54, 1.807) is 63.2 Å². The van der Waals surface area contributed by atoms with Crippen LogP contribution in [-0.4, -0.2) is 40.7 Å². The van der Waals surface area contributed by atoms with Crippen molar-refractivity contribution in [2.24, 2.45) is 0 Å². The zero-order chi connectivity index (χ0) is 23.3. The van der Waals surface area contributed by atoms with Crippen LogP contribution in [0.3, 0.4) is 0 Å². The van der Waals surface area contributed by atoms with Crippen LogP contribution in [0.25, 0.3) is 0 Å². The van der Waals surface area contributed by atoms with Crippen LogP contribution in [0.1, 0.15) is 54.9 Å². The zero-order valence-electron chi connectivity index (χ0n) is 18.3. The van der Waals surface area contributed by atoms with Crippen molar-refractivity contribution in [1.29, 1.82) is 0 Å². The van der Waals surface area contributed by atoms with Gasteiger partial charge < -0.3 is 14.6 Å². The van der Waals surface area contributed by atoms with Crippen LogP contribution in [-0.2, 0) is 11.3 Å². The molecule has 2 aromatic carbocycles. The Balaban J connectivity index is 1.90. The second-order valence-electron chi connectivity index (χ2n) is 7.42. The summed E-state index contributed by atoms with van der Waals surface area (Å²) in [6.07, 6.45) is 0. The third-order valence-electron chi connectivity index (χ3n) is 5.13. The van der Waals surface area contributed by atoms with E-state index in [1.807, 2.05) is 0 Å². The monoisotopic (exact) mass is 436 g/mol. The van der Waals surface area contributed by atoms with Gasteiger partial charge in [-0.15, -0.1) is 0 Å². The van der Waals surface area contributed by atoms with E-state index in [4.69, 9.17) is 4.74 Å². The standard InChI is InChI=1S/C25H25FN2O4/c1-4-32-25(31)23-16(2)22(17(3)27-23)21(29)15-28(14-18-10-12-20(26)13-11-18)24(30)19-8-6-5-7-9-19/h5-13,27H,4,14-15H2,1-3H3. The summed E-state index contributed by atoms with van der Waals surface area (Å²) in [5, 5.41) is 0. The lowest BCUT2D eigenvalue weighted by molar-refractivity contribution is 0.0519. The molecule has 6 nitrogen and oxygen atoms in total. The van der Waals surface area contributed by atoms with Gasteiger partial charge in [0.2, 0.25) is 0 Å². The lowest BCUT2D eigenvalue weighted by Gasteiger charge is -2.22. The van der Waals surface area contributed by atoms with Crippen LogP contribution < -0.4 is 0 Å². The van der Waals surface area contributed by atoms with Crippen molar-refractivity contribution < 1.29 is 23.5 Å². The molecule has 0 aliphatic carbocycles. The molecule has 3 rings (SSSR count). The number of carbonyl (C=O) groups is 3. The molecule has 1 aromatic heterocycles. The molecule has 32 heavy (non-hydrogen) atoms. The molecular weight excluding hydrogens is 411 g/mol. The average Bonchev–Trinajstić information content (AvgIpc) is 3.09. The molecule has 1 amide bonds. The lowest BCUT2D eigenvalue weighted by atomic mass is 10.0. The van der Waals surface area contributed by atoms with Gasteiger partial charge in [0.25, 0.3) is 5.91 Å². The predicted molar refractivity (Wildman–Crippen MR) is 118 cm³/mol. The van der Waals surface area contributed by atoms with Crippen LogP contribution >= 0.6 is 0 Å². The molecule has 0 saturated heterocycles. The maximum Gasteiger partial charge on any atom is 0.355 e. The number of ketones is 1. The maximum absolute atomic E-state index is 13.3. The smallest absolute Gasteiger partial charge is 0.355 e. The number of Topliss-reactive ketones (excluding diaryl/α,β-unsaturated/α-hetero) is 1. The molecule has 0 atom stereocenters. The highest BCUT2D eigenvalue weighted by molar-refractivity contribution is 6.05. The number of rotatable bonds is 8. The summed E-state index contributed by atoms with van der Waals surface area (Å²) >= 11 is 0. The van der Waals surface area contributed by atoms with E-state index in [-0.39, 0.29) is 42.9 Å². The highest BCUT2D eigenvalue weighted by atomic mass is 19.1. The number of halogens is 1. The van der Waals surface area contributed by atoms with Crippen LogP contribution in [0.15, 0.2) is 54.6 Å². The van der Waals surface area contributed by atoms with Gasteiger partial charge in [0.05, 0.1) is 13.2 Å². The van der Waals surface area contributed by atoms with Crippen molar-refractivity contribution in [3.05, 3.63) is 94.1 Å². The van der Waals surface area contributed by atoms with Gasteiger partial charge in [-0.25, -0.2) is 9.18 Å². The minimum Gasteiger partial charge on any atom is -0.461 e. The number of aryl methyl sites for hydroxylation is 1. The second kappa shape index (κ2) is 10.0. The lowest BCUT2D eigenvalue weighted by Crippen LogP contribution is -2.35. The number of ether oxygens (including phenoxy) is 1. The topological polar surface area (TPSA) is 79.5 Å². The first-order valence-corrected chi connectivity index (χ1v) is 10.3. The van der Waals surface area contributed by atoms with Gasteiger partial charge in [-0.05, 0) is 56.2 Å². The van der Waals surface area contributed by atoms with Crippen molar-refractivity contribution in [2.75, 3.05) is 13.2 Å². The number of esters is 1. The van der Waals surface area contributed by atoms with Crippen molar-refractivity contribution in [2.45, 2.75) is 27.3 Å². The maximum atomic E-state index is 13.3. The van der Waals surface area contributed by atoms with E-state index in [1.165, 1.54) is 17.0 Å². The normalized spacial score (nSPS) is 10.6. The van der Waals surface area contributed by atoms with E-state index in [0.717, 1.165) is 0 Å². The molecule has 0 saturated carbocycles. The fourth-order valence-electron chi connectivity index (χ4n) is 3.60. The number of amides is 1. The summed E-state index contributed by atoms with van der Waals surface area (Å²) < 4.78 is 18.4. The van der Waals surface area contributed by atoms with E-state index >= 15 is 0 Å². The van der Waals surface area contributed by atoms with Gasteiger partial charge in [-0.1, -0.05) is 30.3 Å². The Hall–Kier alpha value is -3.74. The molecule has 166 valence electrons. The Morgan fingerprint density at radius 1 is 1.00 bits per heavy atom. The Morgan fingerprint density at radius 2 is 1.66 bits per heavy atom. The molecule has 0 bridgehead atoms.